The molecular weight excluding hydrogens is 354 g/mol. The molecule has 2 aliphatic heterocycles. The third-order valence-corrected chi connectivity index (χ3v) is 4.84. The molecule has 26 heavy (non-hydrogen) atoms. The van der Waals surface area contributed by atoms with Gasteiger partial charge in [-0.1, -0.05) is 41.9 Å². The Bertz CT molecular complexity index is 958. The van der Waals surface area contributed by atoms with Crippen molar-refractivity contribution in [3.05, 3.63) is 59.6 Å². The fourth-order valence-corrected chi connectivity index (χ4v) is 3.59. The van der Waals surface area contributed by atoms with Crippen molar-refractivity contribution in [3.8, 4) is 0 Å². The minimum atomic E-state index is -0.934. The monoisotopic (exact) mass is 367 g/mol. The van der Waals surface area contributed by atoms with Crippen LogP contribution in [0.3, 0.4) is 0 Å². The maximum absolute atomic E-state index is 13.1. The van der Waals surface area contributed by atoms with Gasteiger partial charge in [0.05, 0.1) is 16.4 Å². The van der Waals surface area contributed by atoms with Crippen molar-refractivity contribution in [1.29, 1.82) is 0 Å². The minimum Gasteiger partial charge on any atom is -0.293 e. The van der Waals surface area contributed by atoms with Crippen LogP contribution in [-0.4, -0.2) is 29.4 Å². The van der Waals surface area contributed by atoms with Gasteiger partial charge in [0, 0.05) is 6.92 Å². The van der Waals surface area contributed by atoms with Gasteiger partial charge in [0.25, 0.3) is 5.91 Å². The summed E-state index contributed by atoms with van der Waals surface area (Å²) in [4.78, 5) is 39.3. The fourth-order valence-electron chi connectivity index (χ4n) is 3.37. The van der Waals surface area contributed by atoms with E-state index in [2.05, 4.69) is 5.10 Å². The maximum Gasteiger partial charge on any atom is 0.259 e. The van der Waals surface area contributed by atoms with Gasteiger partial charge in [0.2, 0.25) is 5.91 Å². The number of imide groups is 1. The molecule has 2 heterocycles. The number of anilines is 2. The van der Waals surface area contributed by atoms with Crippen LogP contribution in [0.2, 0.25) is 5.02 Å². The second kappa shape index (κ2) is 6.07. The van der Waals surface area contributed by atoms with E-state index >= 15 is 0 Å². The second-order valence-corrected chi connectivity index (χ2v) is 6.51. The highest BCUT2D eigenvalue weighted by Gasteiger charge is 2.58. The van der Waals surface area contributed by atoms with Crippen molar-refractivity contribution in [2.75, 3.05) is 9.91 Å². The summed E-state index contributed by atoms with van der Waals surface area (Å²) < 4.78 is 0. The van der Waals surface area contributed by atoms with E-state index < -0.39 is 23.8 Å². The number of hydrogen-bond acceptors (Lipinski definition) is 5. The number of nitrogens with zero attached hydrogens (tertiary/aromatic N) is 3. The third-order valence-electron chi connectivity index (χ3n) is 4.52. The fraction of sp³-hybridized carbons (Fsp3) is 0.158. The van der Waals surface area contributed by atoms with Crippen molar-refractivity contribution in [3.63, 3.8) is 0 Å². The lowest BCUT2D eigenvalue weighted by Crippen LogP contribution is -2.39. The summed E-state index contributed by atoms with van der Waals surface area (Å²) in [6, 6.07) is 14.7. The number of halogens is 1. The third kappa shape index (κ3) is 2.34. The lowest BCUT2D eigenvalue weighted by atomic mass is 9.95. The molecule has 1 fully saturated rings. The summed E-state index contributed by atoms with van der Waals surface area (Å²) in [5.41, 5.74) is 1.04. The molecule has 0 aliphatic carbocycles. The molecule has 7 heteroatoms. The highest BCUT2D eigenvalue weighted by molar-refractivity contribution is 6.49. The van der Waals surface area contributed by atoms with E-state index in [0.29, 0.717) is 16.4 Å². The number of Topliss-reactive ketones (excluding diaryl/α,β-unsaturated/α-hetero) is 1. The molecule has 2 atom stereocenters. The van der Waals surface area contributed by atoms with Gasteiger partial charge >= 0.3 is 0 Å². The molecule has 0 radical (unpaired) electrons. The Morgan fingerprint density at radius 2 is 1.65 bits per heavy atom. The molecule has 6 nitrogen and oxygen atoms in total. The molecule has 0 spiro atoms. The van der Waals surface area contributed by atoms with Crippen molar-refractivity contribution < 1.29 is 14.4 Å². The number of amides is 2. The first-order valence-electron chi connectivity index (χ1n) is 8.06. The van der Waals surface area contributed by atoms with E-state index in [1.807, 2.05) is 6.07 Å². The molecular formula is C19H14ClN3O3. The van der Waals surface area contributed by atoms with Gasteiger partial charge in [-0.2, -0.15) is 5.10 Å². The second-order valence-electron chi connectivity index (χ2n) is 6.11. The number of para-hydroxylation sites is 2. The number of ketones is 1. The quantitative estimate of drug-likeness (QED) is 0.782. The van der Waals surface area contributed by atoms with E-state index in [-0.39, 0.29) is 11.5 Å². The SMILES string of the molecule is CC(=O)C1=NN(c2ccccc2)[C@H]2C(=O)N(c3ccccc3Cl)C(=O)[C@H]12. The highest BCUT2D eigenvalue weighted by atomic mass is 35.5. The van der Waals surface area contributed by atoms with Gasteiger partial charge in [-0.15, -0.1) is 0 Å². The van der Waals surface area contributed by atoms with Crippen molar-refractivity contribution in [2.45, 2.75) is 13.0 Å². The van der Waals surface area contributed by atoms with Crippen LogP contribution >= 0.6 is 11.6 Å². The van der Waals surface area contributed by atoms with Gasteiger partial charge in [0.1, 0.15) is 17.7 Å². The number of carbonyl (C=O) groups is 3. The number of hydrogen-bond donors (Lipinski definition) is 0. The molecule has 4 rings (SSSR count). The zero-order valence-corrected chi connectivity index (χ0v) is 14.6. The van der Waals surface area contributed by atoms with Crippen LogP contribution < -0.4 is 9.91 Å². The van der Waals surface area contributed by atoms with Crippen molar-refractivity contribution in [1.82, 2.24) is 0 Å². The van der Waals surface area contributed by atoms with Crippen LogP contribution in [-0.2, 0) is 14.4 Å². The van der Waals surface area contributed by atoms with Crippen molar-refractivity contribution >= 4 is 46.3 Å². The summed E-state index contributed by atoms with van der Waals surface area (Å²) in [5.74, 6) is -2.20. The van der Waals surface area contributed by atoms with Crippen molar-refractivity contribution in [2.24, 2.45) is 11.0 Å². The van der Waals surface area contributed by atoms with Crippen LogP contribution in [0.5, 0.6) is 0 Å². The smallest absolute Gasteiger partial charge is 0.259 e. The van der Waals surface area contributed by atoms with E-state index in [9.17, 15) is 14.4 Å². The average Bonchev–Trinajstić information content (AvgIpc) is 3.15. The standard InChI is InChI=1S/C19H14ClN3O3/c1-11(24)16-15-17(23(21-16)12-7-3-2-4-8-12)19(26)22(18(15)25)14-10-6-5-9-13(14)20/h2-10,15,17H,1H3/t15-,17-/m1/s1. The zero-order valence-electron chi connectivity index (χ0n) is 13.8. The Kier molecular flexibility index (Phi) is 3.85. The average molecular weight is 368 g/mol. The maximum atomic E-state index is 13.1. The topological polar surface area (TPSA) is 70.1 Å². The molecule has 2 aromatic carbocycles. The van der Waals surface area contributed by atoms with E-state index in [4.69, 9.17) is 11.6 Å². The highest BCUT2D eigenvalue weighted by Crippen LogP contribution is 2.39. The Morgan fingerprint density at radius 1 is 1.00 bits per heavy atom. The lowest BCUT2D eigenvalue weighted by Gasteiger charge is -2.22. The predicted molar refractivity (Wildman–Crippen MR) is 98.3 cm³/mol. The summed E-state index contributed by atoms with van der Waals surface area (Å²) in [6.45, 7) is 1.35. The molecule has 0 saturated carbocycles. The normalized spacial score (nSPS) is 21.8. The lowest BCUT2D eigenvalue weighted by molar-refractivity contribution is -0.122. The molecule has 0 aromatic heterocycles. The Hall–Kier alpha value is -2.99. The molecule has 130 valence electrons. The first-order chi connectivity index (χ1) is 12.5. The molecule has 0 bridgehead atoms. The molecule has 1 saturated heterocycles. The largest absolute Gasteiger partial charge is 0.293 e. The minimum absolute atomic E-state index is 0.0896. The van der Waals surface area contributed by atoms with Crippen LogP contribution in [0.4, 0.5) is 11.4 Å². The van der Waals surface area contributed by atoms with Gasteiger partial charge in [-0.3, -0.25) is 19.4 Å². The van der Waals surface area contributed by atoms with Crippen LogP contribution in [0.15, 0.2) is 59.7 Å². The number of rotatable bonds is 3. The van der Waals surface area contributed by atoms with Gasteiger partial charge in [-0.05, 0) is 24.3 Å². The van der Waals surface area contributed by atoms with E-state index in [0.717, 1.165) is 4.90 Å². The van der Waals surface area contributed by atoms with E-state index in [1.54, 1.807) is 48.5 Å². The first-order valence-corrected chi connectivity index (χ1v) is 8.44. The summed E-state index contributed by atoms with van der Waals surface area (Å²) in [5, 5.41) is 6.04. The first kappa shape index (κ1) is 16.5. The molecule has 2 amide bonds. The summed E-state index contributed by atoms with van der Waals surface area (Å²) >= 11 is 6.19. The molecule has 2 aromatic rings. The predicted octanol–water partition coefficient (Wildman–Crippen LogP) is 2.66. The van der Waals surface area contributed by atoms with Gasteiger partial charge in [0.15, 0.2) is 5.78 Å². The van der Waals surface area contributed by atoms with Gasteiger partial charge < -0.3 is 0 Å². The van der Waals surface area contributed by atoms with E-state index in [1.165, 1.54) is 11.9 Å². The zero-order chi connectivity index (χ0) is 18.4. The molecule has 2 aliphatic rings. The Balaban J connectivity index is 1.83. The molecule has 0 unspecified atom stereocenters. The van der Waals surface area contributed by atoms with Gasteiger partial charge in [-0.25, -0.2) is 4.90 Å². The number of carbonyl (C=O) groups excluding carboxylic acids is 3. The molecule has 0 N–H and O–H groups in total. The Morgan fingerprint density at radius 3 is 2.31 bits per heavy atom. The number of benzene rings is 2. The summed E-state index contributed by atoms with van der Waals surface area (Å²) in [6.07, 6.45) is 0. The van der Waals surface area contributed by atoms with Crippen LogP contribution in [0, 0.1) is 5.92 Å². The van der Waals surface area contributed by atoms with Crippen LogP contribution in [0.25, 0.3) is 0 Å². The number of hydrazone groups is 1. The van der Waals surface area contributed by atoms with Crippen LogP contribution in [0.1, 0.15) is 6.92 Å². The Labute approximate surface area is 154 Å². The number of fused-ring (bicyclic) bond motifs is 1. The summed E-state index contributed by atoms with van der Waals surface area (Å²) in [7, 11) is 0.